The second-order valence-corrected chi connectivity index (χ2v) is 9.99. The molecule has 1 atom stereocenters. The van der Waals surface area contributed by atoms with Gasteiger partial charge in [-0.25, -0.2) is 12.7 Å². The van der Waals surface area contributed by atoms with E-state index in [2.05, 4.69) is 24.0 Å². The van der Waals surface area contributed by atoms with Crippen molar-refractivity contribution < 1.29 is 13.2 Å². The highest BCUT2D eigenvalue weighted by atomic mass is 32.2. The predicted octanol–water partition coefficient (Wildman–Crippen LogP) is 3.83. The van der Waals surface area contributed by atoms with Gasteiger partial charge in [0.1, 0.15) is 5.69 Å². The summed E-state index contributed by atoms with van der Waals surface area (Å²) in [5.41, 5.74) is 2.51. The first-order chi connectivity index (χ1) is 14.7. The molecule has 0 aliphatic carbocycles. The lowest BCUT2D eigenvalue weighted by Crippen LogP contribution is -2.34. The number of aromatic nitrogens is 1. The van der Waals surface area contributed by atoms with Gasteiger partial charge in [0.25, 0.3) is 5.91 Å². The van der Waals surface area contributed by atoms with Crippen LogP contribution in [0.2, 0.25) is 0 Å². The highest BCUT2D eigenvalue weighted by Crippen LogP contribution is 2.25. The summed E-state index contributed by atoms with van der Waals surface area (Å²) in [6, 6.07) is 16.8. The van der Waals surface area contributed by atoms with Crippen molar-refractivity contribution in [1.29, 1.82) is 0 Å². The number of allylic oxidation sites excluding steroid dienone is 1. The Labute approximate surface area is 184 Å². The maximum Gasteiger partial charge on any atom is 0.268 e. The fourth-order valence-corrected chi connectivity index (χ4v) is 4.47. The molecule has 3 rings (SSSR count). The second-order valence-electron chi connectivity index (χ2n) is 7.84. The lowest BCUT2D eigenvalue weighted by atomic mass is 10.1. The van der Waals surface area contributed by atoms with Crippen molar-refractivity contribution >= 4 is 26.8 Å². The molecule has 164 valence electrons. The van der Waals surface area contributed by atoms with Crippen molar-refractivity contribution in [2.24, 2.45) is 0 Å². The third kappa shape index (κ3) is 5.06. The summed E-state index contributed by atoms with van der Waals surface area (Å²) >= 11 is 0. The number of nitrogens with zero attached hydrogens (tertiary/aromatic N) is 2. The standard InChI is InChI=1S/C24H29N3O3S/c1-5-15-27-22-14-13-21(31(29,30)26(3)4)16-20(22)17-23(27)24(28)25-18(2)11-12-19-9-7-6-8-10-19/h5-10,13-14,16-18H,1,11-12,15H2,2-4H3,(H,25,28)/t18-/m0/s1. The summed E-state index contributed by atoms with van der Waals surface area (Å²) < 4.78 is 28.0. The van der Waals surface area contributed by atoms with E-state index in [1.54, 1.807) is 30.3 Å². The van der Waals surface area contributed by atoms with Crippen LogP contribution in [0.15, 0.2) is 72.1 Å². The zero-order valence-corrected chi connectivity index (χ0v) is 19.0. The van der Waals surface area contributed by atoms with Crippen LogP contribution in [0, 0.1) is 0 Å². The van der Waals surface area contributed by atoms with E-state index in [-0.39, 0.29) is 16.8 Å². The normalized spacial score (nSPS) is 12.8. The molecule has 7 heteroatoms. The molecule has 0 unspecified atom stereocenters. The Hall–Kier alpha value is -2.90. The number of benzene rings is 2. The Morgan fingerprint density at radius 1 is 1.16 bits per heavy atom. The van der Waals surface area contributed by atoms with Crippen LogP contribution < -0.4 is 5.32 Å². The lowest BCUT2D eigenvalue weighted by Gasteiger charge is -2.15. The highest BCUT2D eigenvalue weighted by molar-refractivity contribution is 7.89. The van der Waals surface area contributed by atoms with E-state index in [9.17, 15) is 13.2 Å². The first kappa shape index (κ1) is 22.8. The number of hydrogen-bond acceptors (Lipinski definition) is 3. The second kappa shape index (κ2) is 9.49. The van der Waals surface area contributed by atoms with Crippen LogP contribution in [-0.2, 0) is 23.0 Å². The minimum absolute atomic E-state index is 0.00687. The molecule has 6 nitrogen and oxygen atoms in total. The molecule has 1 N–H and O–H groups in total. The molecule has 0 fully saturated rings. The van der Waals surface area contributed by atoms with Crippen LogP contribution in [0.3, 0.4) is 0 Å². The van der Waals surface area contributed by atoms with Gasteiger partial charge >= 0.3 is 0 Å². The molecule has 1 heterocycles. The van der Waals surface area contributed by atoms with Crippen molar-refractivity contribution in [3.05, 3.63) is 78.5 Å². The van der Waals surface area contributed by atoms with Gasteiger partial charge in [-0.3, -0.25) is 4.79 Å². The molecule has 2 aromatic carbocycles. The zero-order chi connectivity index (χ0) is 22.6. The Balaban J connectivity index is 1.84. The zero-order valence-electron chi connectivity index (χ0n) is 18.2. The number of hydrogen-bond donors (Lipinski definition) is 1. The van der Waals surface area contributed by atoms with Crippen LogP contribution in [0.4, 0.5) is 0 Å². The van der Waals surface area contributed by atoms with Gasteiger partial charge in [-0.15, -0.1) is 6.58 Å². The monoisotopic (exact) mass is 439 g/mol. The van der Waals surface area contributed by atoms with Gasteiger partial charge in [-0.05, 0) is 49.6 Å². The van der Waals surface area contributed by atoms with Gasteiger partial charge in [-0.2, -0.15) is 0 Å². The summed E-state index contributed by atoms with van der Waals surface area (Å²) in [6.45, 7) is 6.23. The molecular formula is C24H29N3O3S. The summed E-state index contributed by atoms with van der Waals surface area (Å²) in [7, 11) is -0.558. The van der Waals surface area contributed by atoms with Gasteiger partial charge < -0.3 is 9.88 Å². The predicted molar refractivity (Wildman–Crippen MR) is 125 cm³/mol. The summed E-state index contributed by atoms with van der Waals surface area (Å²) in [4.78, 5) is 13.2. The van der Waals surface area contributed by atoms with Crippen molar-refractivity contribution in [3.8, 4) is 0 Å². The molecule has 3 aromatic rings. The first-order valence-electron chi connectivity index (χ1n) is 10.3. The lowest BCUT2D eigenvalue weighted by molar-refractivity contribution is 0.0930. The van der Waals surface area contributed by atoms with Crippen molar-refractivity contribution in [1.82, 2.24) is 14.2 Å². The molecule has 1 amide bonds. The summed E-state index contributed by atoms with van der Waals surface area (Å²) in [6.07, 6.45) is 3.42. The summed E-state index contributed by atoms with van der Waals surface area (Å²) in [5, 5.41) is 3.77. The number of rotatable bonds is 9. The van der Waals surface area contributed by atoms with E-state index in [1.165, 1.54) is 24.0 Å². The van der Waals surface area contributed by atoms with Crippen molar-refractivity contribution in [3.63, 3.8) is 0 Å². The van der Waals surface area contributed by atoms with Crippen LogP contribution in [0.25, 0.3) is 10.9 Å². The molecule has 0 bridgehead atoms. The minimum atomic E-state index is -3.55. The average Bonchev–Trinajstić information content (AvgIpc) is 3.11. The van der Waals surface area contributed by atoms with Gasteiger partial charge in [0.05, 0.1) is 4.90 Å². The van der Waals surface area contributed by atoms with Crippen LogP contribution in [0.1, 0.15) is 29.4 Å². The number of nitrogens with one attached hydrogen (secondary N) is 1. The number of sulfonamides is 1. The van der Waals surface area contributed by atoms with Gasteiger partial charge in [0, 0.05) is 37.6 Å². The fourth-order valence-electron chi connectivity index (χ4n) is 3.53. The van der Waals surface area contributed by atoms with Crippen molar-refractivity contribution in [2.45, 2.75) is 37.2 Å². The number of carbonyl (C=O) groups is 1. The topological polar surface area (TPSA) is 71.4 Å². The largest absolute Gasteiger partial charge is 0.348 e. The summed E-state index contributed by atoms with van der Waals surface area (Å²) in [5.74, 6) is -0.185. The maximum absolute atomic E-state index is 13.0. The molecule has 0 radical (unpaired) electrons. The highest BCUT2D eigenvalue weighted by Gasteiger charge is 2.21. The SMILES string of the molecule is C=CCn1c(C(=O)N[C@@H](C)CCc2ccccc2)cc2cc(S(=O)(=O)N(C)C)ccc21. The minimum Gasteiger partial charge on any atom is -0.348 e. The first-order valence-corrected chi connectivity index (χ1v) is 11.7. The molecule has 31 heavy (non-hydrogen) atoms. The Kier molecular flexibility index (Phi) is 6.97. The van der Waals surface area contributed by atoms with E-state index in [0.29, 0.717) is 17.6 Å². The van der Waals surface area contributed by atoms with E-state index in [0.717, 1.165) is 18.4 Å². The Morgan fingerprint density at radius 2 is 1.87 bits per heavy atom. The number of fused-ring (bicyclic) bond motifs is 1. The van der Waals surface area contributed by atoms with Gasteiger partial charge in [0.15, 0.2) is 0 Å². The molecule has 0 spiro atoms. The molecule has 1 aromatic heterocycles. The van der Waals surface area contributed by atoms with Gasteiger partial charge in [0.2, 0.25) is 10.0 Å². The number of amides is 1. The van der Waals surface area contributed by atoms with E-state index in [4.69, 9.17) is 0 Å². The van der Waals surface area contributed by atoms with Gasteiger partial charge in [-0.1, -0.05) is 36.4 Å². The third-order valence-corrected chi connectivity index (χ3v) is 7.09. The Bertz CT molecular complexity index is 1180. The third-order valence-electron chi connectivity index (χ3n) is 5.28. The molecule has 0 saturated carbocycles. The van der Waals surface area contributed by atoms with E-state index < -0.39 is 10.0 Å². The fraction of sp³-hybridized carbons (Fsp3) is 0.292. The Morgan fingerprint density at radius 3 is 2.52 bits per heavy atom. The molecule has 0 aliphatic heterocycles. The molecule has 0 aliphatic rings. The van der Waals surface area contributed by atoms with E-state index in [1.807, 2.05) is 29.7 Å². The van der Waals surface area contributed by atoms with Crippen molar-refractivity contribution in [2.75, 3.05) is 14.1 Å². The number of aryl methyl sites for hydroxylation is 1. The van der Waals surface area contributed by atoms with E-state index >= 15 is 0 Å². The van der Waals surface area contributed by atoms with Crippen LogP contribution in [0.5, 0.6) is 0 Å². The average molecular weight is 440 g/mol. The quantitative estimate of drug-likeness (QED) is 0.515. The molecular weight excluding hydrogens is 410 g/mol. The van der Waals surface area contributed by atoms with Crippen LogP contribution >= 0.6 is 0 Å². The number of carbonyl (C=O) groups excluding carboxylic acids is 1. The molecule has 0 saturated heterocycles. The maximum atomic E-state index is 13.0. The smallest absolute Gasteiger partial charge is 0.268 e. The van der Waals surface area contributed by atoms with Crippen LogP contribution in [-0.4, -0.2) is 43.3 Å².